The average Bonchev–Trinajstić information content (AvgIpc) is 2.39. The fourth-order valence-electron chi connectivity index (χ4n) is 1.41. The zero-order chi connectivity index (χ0) is 16.0. The van der Waals surface area contributed by atoms with Crippen LogP contribution in [0.25, 0.3) is 0 Å². The van der Waals surface area contributed by atoms with Gasteiger partial charge in [-0.15, -0.1) is 0 Å². The molecule has 3 amide bonds. The number of rotatable bonds is 5. The lowest BCUT2D eigenvalue weighted by atomic mass is 10.2. The third-order valence-corrected chi connectivity index (χ3v) is 2.68. The number of nitriles is 1. The Balaban J connectivity index is 2.79. The number of carbonyl (C=O) groups is 3. The summed E-state index contributed by atoms with van der Waals surface area (Å²) in [6.45, 7) is 0. The predicted molar refractivity (Wildman–Crippen MR) is 73.6 cm³/mol. The van der Waals surface area contributed by atoms with Gasteiger partial charge in [-0.05, 0) is 18.2 Å². The normalized spacial score (nSPS) is 11.0. The van der Waals surface area contributed by atoms with Gasteiger partial charge in [-0.1, -0.05) is 11.6 Å². The summed E-state index contributed by atoms with van der Waals surface area (Å²) >= 11 is 5.84. The molecule has 1 atom stereocenters. The zero-order valence-electron chi connectivity index (χ0n) is 10.6. The second-order valence-corrected chi connectivity index (χ2v) is 4.37. The quantitative estimate of drug-likeness (QED) is 0.631. The molecule has 0 aliphatic carbocycles. The third-order valence-electron chi connectivity index (χ3n) is 2.35. The first-order valence-corrected chi connectivity index (χ1v) is 5.99. The number of primary amides is 1. The summed E-state index contributed by atoms with van der Waals surface area (Å²) in [6, 6.07) is 3.71. The monoisotopic (exact) mass is 310 g/mol. The number of carboxylic acid groups (broad SMARTS) is 1. The minimum atomic E-state index is -1.46. The van der Waals surface area contributed by atoms with E-state index in [4.69, 9.17) is 27.7 Å². The maximum Gasteiger partial charge on any atom is 0.326 e. The first-order valence-electron chi connectivity index (χ1n) is 5.61. The molecule has 0 heterocycles. The number of nitrogens with one attached hydrogen (secondary N) is 2. The minimum absolute atomic E-state index is 0.136. The first kappa shape index (κ1) is 16.3. The van der Waals surface area contributed by atoms with Gasteiger partial charge in [-0.3, -0.25) is 4.79 Å². The SMILES string of the molecule is N#Cc1ccc(Cl)c(NC(=O)N[C@H](CC(N)=O)C(=O)O)c1. The highest BCUT2D eigenvalue weighted by Crippen LogP contribution is 2.22. The number of halogens is 1. The molecule has 0 bridgehead atoms. The fourth-order valence-corrected chi connectivity index (χ4v) is 1.57. The van der Waals surface area contributed by atoms with Crippen molar-refractivity contribution < 1.29 is 19.5 Å². The Kier molecular flexibility index (Phi) is 5.51. The van der Waals surface area contributed by atoms with Crippen LogP contribution in [0.5, 0.6) is 0 Å². The lowest BCUT2D eigenvalue weighted by molar-refractivity contribution is -0.140. The van der Waals surface area contributed by atoms with Crippen LogP contribution in [0.4, 0.5) is 10.5 Å². The molecule has 0 saturated heterocycles. The number of hydrogen-bond acceptors (Lipinski definition) is 4. The molecule has 0 radical (unpaired) electrons. The van der Waals surface area contributed by atoms with Gasteiger partial charge in [0.25, 0.3) is 0 Å². The molecule has 0 aliphatic rings. The molecule has 0 saturated carbocycles. The van der Waals surface area contributed by atoms with Crippen molar-refractivity contribution in [3.63, 3.8) is 0 Å². The van der Waals surface area contributed by atoms with Crippen molar-refractivity contribution in [1.29, 1.82) is 5.26 Å². The van der Waals surface area contributed by atoms with Gasteiger partial charge in [0, 0.05) is 0 Å². The predicted octanol–water partition coefficient (Wildman–Crippen LogP) is 0.662. The lowest BCUT2D eigenvalue weighted by Crippen LogP contribution is -2.45. The van der Waals surface area contributed by atoms with Crippen LogP contribution in [0.1, 0.15) is 12.0 Å². The van der Waals surface area contributed by atoms with E-state index < -0.39 is 30.4 Å². The van der Waals surface area contributed by atoms with Crippen LogP contribution in [0, 0.1) is 11.3 Å². The van der Waals surface area contributed by atoms with Crippen LogP contribution in [0.3, 0.4) is 0 Å². The number of carboxylic acids is 1. The summed E-state index contributed by atoms with van der Waals surface area (Å²) in [6.07, 6.45) is -0.547. The van der Waals surface area contributed by atoms with Gasteiger partial charge in [0.05, 0.1) is 28.8 Å². The van der Waals surface area contributed by atoms with E-state index in [0.29, 0.717) is 0 Å². The number of amides is 3. The fraction of sp³-hybridized carbons (Fsp3) is 0.167. The molecular weight excluding hydrogens is 300 g/mol. The molecular formula is C12H11ClN4O4. The Morgan fingerprint density at radius 2 is 2.10 bits per heavy atom. The van der Waals surface area contributed by atoms with Crippen molar-refractivity contribution in [3.05, 3.63) is 28.8 Å². The van der Waals surface area contributed by atoms with Crippen molar-refractivity contribution in [2.75, 3.05) is 5.32 Å². The van der Waals surface area contributed by atoms with Crippen molar-refractivity contribution >= 4 is 35.2 Å². The molecule has 1 aromatic rings. The molecule has 8 nitrogen and oxygen atoms in total. The highest BCUT2D eigenvalue weighted by molar-refractivity contribution is 6.33. The maximum absolute atomic E-state index is 11.7. The number of nitrogens with zero attached hydrogens (tertiary/aromatic N) is 1. The van der Waals surface area contributed by atoms with Crippen LogP contribution in [0.2, 0.25) is 5.02 Å². The van der Waals surface area contributed by atoms with E-state index in [1.54, 1.807) is 0 Å². The topological polar surface area (TPSA) is 145 Å². The van der Waals surface area contributed by atoms with Gasteiger partial charge >= 0.3 is 12.0 Å². The van der Waals surface area contributed by atoms with Gasteiger partial charge in [0.2, 0.25) is 5.91 Å². The van der Waals surface area contributed by atoms with Crippen LogP contribution in [-0.2, 0) is 9.59 Å². The molecule has 1 rings (SSSR count). The summed E-state index contributed by atoms with van der Waals surface area (Å²) in [5.41, 5.74) is 5.29. The van der Waals surface area contributed by atoms with E-state index >= 15 is 0 Å². The smallest absolute Gasteiger partial charge is 0.326 e. The molecule has 0 unspecified atom stereocenters. The lowest BCUT2D eigenvalue weighted by Gasteiger charge is -2.14. The number of urea groups is 1. The Labute approximate surface area is 124 Å². The highest BCUT2D eigenvalue weighted by Gasteiger charge is 2.22. The van der Waals surface area contributed by atoms with Crippen molar-refractivity contribution in [1.82, 2.24) is 5.32 Å². The van der Waals surface area contributed by atoms with E-state index in [1.165, 1.54) is 18.2 Å². The van der Waals surface area contributed by atoms with Gasteiger partial charge in [0.15, 0.2) is 0 Å². The molecule has 5 N–H and O–H groups in total. The molecule has 110 valence electrons. The third kappa shape index (κ3) is 5.00. The maximum atomic E-state index is 11.7. The number of hydrogen-bond donors (Lipinski definition) is 4. The van der Waals surface area contributed by atoms with Gasteiger partial charge in [0.1, 0.15) is 6.04 Å². The summed E-state index contributed by atoms with van der Waals surface area (Å²) < 4.78 is 0. The van der Waals surface area contributed by atoms with E-state index in [-0.39, 0.29) is 16.3 Å². The molecule has 0 spiro atoms. The van der Waals surface area contributed by atoms with E-state index in [2.05, 4.69) is 10.6 Å². The Morgan fingerprint density at radius 1 is 1.43 bits per heavy atom. The Bertz CT molecular complexity index is 626. The number of aliphatic carboxylic acids is 1. The van der Waals surface area contributed by atoms with Gasteiger partial charge < -0.3 is 21.5 Å². The molecule has 0 aliphatic heterocycles. The standard InChI is InChI=1S/C12H11ClN4O4/c13-7-2-1-6(5-14)3-8(7)16-12(21)17-9(11(19)20)4-10(15)18/h1-3,9H,4H2,(H2,15,18)(H,19,20)(H2,16,17,21)/t9-/m1/s1. The van der Waals surface area contributed by atoms with Gasteiger partial charge in [-0.25, -0.2) is 9.59 Å². The van der Waals surface area contributed by atoms with Crippen molar-refractivity contribution in [2.24, 2.45) is 5.73 Å². The summed E-state index contributed by atoms with van der Waals surface area (Å²) in [4.78, 5) is 33.3. The van der Waals surface area contributed by atoms with E-state index in [0.717, 1.165) is 0 Å². The van der Waals surface area contributed by atoms with Crippen LogP contribution >= 0.6 is 11.6 Å². The molecule has 0 aromatic heterocycles. The van der Waals surface area contributed by atoms with Crippen LogP contribution in [-0.4, -0.2) is 29.1 Å². The van der Waals surface area contributed by atoms with Crippen LogP contribution < -0.4 is 16.4 Å². The molecule has 1 aromatic carbocycles. The second kappa shape index (κ2) is 7.12. The Morgan fingerprint density at radius 3 is 2.62 bits per heavy atom. The van der Waals surface area contributed by atoms with Crippen molar-refractivity contribution in [2.45, 2.75) is 12.5 Å². The van der Waals surface area contributed by atoms with Crippen molar-refractivity contribution in [3.8, 4) is 6.07 Å². The molecule has 0 fully saturated rings. The number of nitrogens with two attached hydrogens (primary N) is 1. The van der Waals surface area contributed by atoms with E-state index in [1.807, 2.05) is 6.07 Å². The minimum Gasteiger partial charge on any atom is -0.480 e. The Hall–Kier alpha value is -2.79. The number of carbonyl (C=O) groups excluding carboxylic acids is 2. The molecule has 21 heavy (non-hydrogen) atoms. The molecule has 9 heteroatoms. The van der Waals surface area contributed by atoms with Gasteiger partial charge in [-0.2, -0.15) is 5.26 Å². The highest BCUT2D eigenvalue weighted by atomic mass is 35.5. The second-order valence-electron chi connectivity index (χ2n) is 3.97. The summed E-state index contributed by atoms with van der Waals surface area (Å²) in [5, 5.41) is 22.1. The number of anilines is 1. The average molecular weight is 311 g/mol. The zero-order valence-corrected chi connectivity index (χ0v) is 11.3. The van der Waals surface area contributed by atoms with Crippen LogP contribution in [0.15, 0.2) is 18.2 Å². The van der Waals surface area contributed by atoms with E-state index in [9.17, 15) is 14.4 Å². The summed E-state index contributed by atoms with van der Waals surface area (Å²) in [5.74, 6) is -2.27. The largest absolute Gasteiger partial charge is 0.480 e. The first-order chi connectivity index (χ1) is 9.83. The summed E-state index contributed by atoms with van der Waals surface area (Å²) in [7, 11) is 0. The number of benzene rings is 1.